The summed E-state index contributed by atoms with van der Waals surface area (Å²) in [6.45, 7) is 8.84. The quantitative estimate of drug-likeness (QED) is 0.838. The van der Waals surface area contributed by atoms with Gasteiger partial charge in [0.15, 0.2) is 0 Å². The molecule has 0 spiro atoms. The first kappa shape index (κ1) is 15.8. The van der Waals surface area contributed by atoms with Crippen LogP contribution in [0.4, 0.5) is 0 Å². The largest absolute Gasteiger partial charge is 0.311 e. The zero-order valence-corrected chi connectivity index (χ0v) is 14.4. The van der Waals surface area contributed by atoms with Gasteiger partial charge in [-0.05, 0) is 43.9 Å². The molecule has 0 aromatic carbocycles. The summed E-state index contributed by atoms with van der Waals surface area (Å²) in [6, 6.07) is 1.50. The van der Waals surface area contributed by atoms with E-state index >= 15 is 0 Å². The van der Waals surface area contributed by atoms with Gasteiger partial charge in [0.05, 0.1) is 0 Å². The number of nitrogens with zero attached hydrogens (tertiary/aromatic N) is 1. The van der Waals surface area contributed by atoms with Gasteiger partial charge in [-0.2, -0.15) is 0 Å². The van der Waals surface area contributed by atoms with Gasteiger partial charge in [0.2, 0.25) is 0 Å². The van der Waals surface area contributed by atoms with E-state index in [0.29, 0.717) is 5.41 Å². The van der Waals surface area contributed by atoms with E-state index in [2.05, 4.69) is 24.1 Å². The summed E-state index contributed by atoms with van der Waals surface area (Å²) in [7, 11) is 0. The molecule has 2 heteroatoms. The lowest BCUT2D eigenvalue weighted by molar-refractivity contribution is 0.0485. The maximum Gasteiger partial charge on any atom is 0.0224 e. The van der Waals surface area contributed by atoms with Crippen LogP contribution >= 0.6 is 0 Å². The Morgan fingerprint density at radius 2 is 1.67 bits per heavy atom. The van der Waals surface area contributed by atoms with Gasteiger partial charge >= 0.3 is 0 Å². The van der Waals surface area contributed by atoms with Gasteiger partial charge in [-0.25, -0.2) is 0 Å². The molecule has 2 unspecified atom stereocenters. The molecular formula is C19H36N2. The van der Waals surface area contributed by atoms with Crippen molar-refractivity contribution in [2.45, 2.75) is 90.1 Å². The second-order valence-electron chi connectivity index (χ2n) is 8.56. The van der Waals surface area contributed by atoms with Crippen molar-refractivity contribution >= 4 is 0 Å². The third-order valence-corrected chi connectivity index (χ3v) is 6.59. The summed E-state index contributed by atoms with van der Waals surface area (Å²) in [6.07, 6.45) is 14.7. The maximum absolute atomic E-state index is 3.88. The minimum atomic E-state index is 0.598. The predicted molar refractivity (Wildman–Crippen MR) is 90.6 cm³/mol. The summed E-state index contributed by atoms with van der Waals surface area (Å²) < 4.78 is 0. The number of hydrogen-bond acceptors (Lipinski definition) is 2. The number of piperazine rings is 1. The third kappa shape index (κ3) is 4.01. The molecule has 2 aliphatic carbocycles. The summed E-state index contributed by atoms with van der Waals surface area (Å²) >= 11 is 0. The van der Waals surface area contributed by atoms with E-state index in [1.54, 1.807) is 0 Å². The number of nitrogens with one attached hydrogen (secondary N) is 1. The van der Waals surface area contributed by atoms with Crippen LogP contribution < -0.4 is 5.32 Å². The molecule has 2 saturated carbocycles. The normalized spacial score (nSPS) is 35.7. The van der Waals surface area contributed by atoms with E-state index in [-0.39, 0.29) is 0 Å². The van der Waals surface area contributed by atoms with Crippen LogP contribution in [0.3, 0.4) is 0 Å². The highest BCUT2D eigenvalue weighted by Crippen LogP contribution is 2.37. The van der Waals surface area contributed by atoms with Crippen LogP contribution in [0.2, 0.25) is 0 Å². The van der Waals surface area contributed by atoms with Crippen molar-refractivity contribution in [3.8, 4) is 0 Å². The van der Waals surface area contributed by atoms with Crippen molar-refractivity contribution < 1.29 is 0 Å². The van der Waals surface area contributed by atoms with Gasteiger partial charge < -0.3 is 5.32 Å². The van der Waals surface area contributed by atoms with Crippen molar-refractivity contribution in [1.82, 2.24) is 10.2 Å². The van der Waals surface area contributed by atoms with E-state index < -0.39 is 0 Å². The van der Waals surface area contributed by atoms with Gasteiger partial charge in [-0.15, -0.1) is 0 Å². The van der Waals surface area contributed by atoms with Crippen LogP contribution in [0.1, 0.15) is 78.1 Å². The molecule has 0 amide bonds. The molecule has 0 aromatic heterocycles. The summed E-state index contributed by atoms with van der Waals surface area (Å²) in [5.41, 5.74) is 0.598. The fraction of sp³-hybridized carbons (Fsp3) is 1.00. The van der Waals surface area contributed by atoms with Gasteiger partial charge in [0, 0.05) is 31.7 Å². The number of hydrogen-bond donors (Lipinski definition) is 1. The third-order valence-electron chi connectivity index (χ3n) is 6.59. The van der Waals surface area contributed by atoms with Crippen molar-refractivity contribution in [1.29, 1.82) is 0 Å². The van der Waals surface area contributed by atoms with E-state index in [4.69, 9.17) is 0 Å². The van der Waals surface area contributed by atoms with Gasteiger partial charge in [0.1, 0.15) is 0 Å². The van der Waals surface area contributed by atoms with Crippen LogP contribution in [0, 0.1) is 11.3 Å². The molecule has 0 aromatic rings. The van der Waals surface area contributed by atoms with E-state index in [1.807, 2.05) is 0 Å². The molecular weight excluding hydrogens is 256 g/mol. The Labute approximate surface area is 132 Å². The molecule has 2 nitrogen and oxygen atoms in total. The van der Waals surface area contributed by atoms with Crippen LogP contribution in [-0.4, -0.2) is 36.6 Å². The van der Waals surface area contributed by atoms with Crippen molar-refractivity contribution in [3.63, 3.8) is 0 Å². The molecule has 21 heavy (non-hydrogen) atoms. The zero-order chi connectivity index (χ0) is 14.7. The fourth-order valence-corrected chi connectivity index (χ4v) is 5.07. The lowest BCUT2D eigenvalue weighted by Gasteiger charge is -2.47. The first-order chi connectivity index (χ1) is 10.2. The van der Waals surface area contributed by atoms with E-state index in [9.17, 15) is 0 Å². The smallest absolute Gasteiger partial charge is 0.0224 e. The molecule has 1 N–H and O–H groups in total. The van der Waals surface area contributed by atoms with Crippen LogP contribution in [0.15, 0.2) is 0 Å². The van der Waals surface area contributed by atoms with Crippen LogP contribution in [0.25, 0.3) is 0 Å². The Hall–Kier alpha value is -0.0800. The molecule has 1 saturated heterocycles. The summed E-state index contributed by atoms with van der Waals surface area (Å²) in [5, 5.41) is 3.88. The van der Waals surface area contributed by atoms with E-state index in [1.165, 1.54) is 83.8 Å². The molecule has 1 aliphatic heterocycles. The predicted octanol–water partition coefficient (Wildman–Crippen LogP) is 4.20. The second kappa shape index (κ2) is 7.00. The highest BCUT2D eigenvalue weighted by atomic mass is 15.2. The maximum atomic E-state index is 3.88. The monoisotopic (exact) mass is 292 g/mol. The molecule has 3 fully saturated rings. The Balaban J connectivity index is 1.57. The Morgan fingerprint density at radius 1 is 1.00 bits per heavy atom. The Bertz CT molecular complexity index is 316. The molecule has 0 bridgehead atoms. The highest BCUT2D eigenvalue weighted by Gasteiger charge is 2.35. The van der Waals surface area contributed by atoms with Gasteiger partial charge in [0.25, 0.3) is 0 Å². The lowest BCUT2D eigenvalue weighted by atomic mass is 9.74. The average Bonchev–Trinajstić information content (AvgIpc) is 2.51. The minimum absolute atomic E-state index is 0.598. The van der Waals surface area contributed by atoms with Gasteiger partial charge in [-0.3, -0.25) is 4.90 Å². The van der Waals surface area contributed by atoms with Crippen molar-refractivity contribution in [2.24, 2.45) is 11.3 Å². The molecule has 0 radical (unpaired) electrons. The topological polar surface area (TPSA) is 15.3 Å². The number of rotatable bonds is 3. The highest BCUT2D eigenvalue weighted by molar-refractivity contribution is 4.92. The fourth-order valence-electron chi connectivity index (χ4n) is 5.07. The second-order valence-corrected chi connectivity index (χ2v) is 8.56. The summed E-state index contributed by atoms with van der Waals surface area (Å²) in [5.74, 6) is 0.952. The SMILES string of the molecule is CC1CNC(C2CCCCC2)CN1CC1(C)CCCCC1. The standard InChI is InChI=1S/C19H36N2/c1-16-13-20-18(17-9-5-3-6-10-17)14-21(16)15-19(2)11-7-4-8-12-19/h16-18,20H,3-15H2,1-2H3. The van der Waals surface area contributed by atoms with E-state index in [0.717, 1.165) is 18.0 Å². The zero-order valence-electron chi connectivity index (χ0n) is 14.4. The van der Waals surface area contributed by atoms with Gasteiger partial charge in [-0.1, -0.05) is 45.4 Å². The van der Waals surface area contributed by atoms with Crippen molar-refractivity contribution in [3.05, 3.63) is 0 Å². The average molecular weight is 293 g/mol. The minimum Gasteiger partial charge on any atom is -0.311 e. The van der Waals surface area contributed by atoms with Crippen LogP contribution in [0.5, 0.6) is 0 Å². The van der Waals surface area contributed by atoms with Crippen molar-refractivity contribution in [2.75, 3.05) is 19.6 Å². The lowest BCUT2D eigenvalue weighted by Crippen LogP contribution is -2.59. The first-order valence-corrected chi connectivity index (χ1v) is 9.64. The molecule has 3 rings (SSSR count). The Kier molecular flexibility index (Phi) is 5.27. The summed E-state index contributed by atoms with van der Waals surface area (Å²) in [4.78, 5) is 2.83. The first-order valence-electron chi connectivity index (χ1n) is 9.64. The molecule has 2 atom stereocenters. The van der Waals surface area contributed by atoms with Crippen LogP contribution in [-0.2, 0) is 0 Å². The molecule has 1 heterocycles. The molecule has 122 valence electrons. The Morgan fingerprint density at radius 3 is 2.38 bits per heavy atom. The molecule has 3 aliphatic rings.